The molecule has 1 aliphatic heterocycles. The number of aryl methyl sites for hydroxylation is 1. The van der Waals surface area contributed by atoms with Crippen molar-refractivity contribution in [2.75, 3.05) is 29.9 Å². The van der Waals surface area contributed by atoms with Crippen LogP contribution in [0.1, 0.15) is 44.5 Å². The number of anilines is 3. The van der Waals surface area contributed by atoms with Crippen molar-refractivity contribution in [3.8, 4) is 11.5 Å². The molecule has 0 aliphatic carbocycles. The van der Waals surface area contributed by atoms with E-state index in [2.05, 4.69) is 53.8 Å². The maximum Gasteiger partial charge on any atom is 0.227 e. The molecule has 4 aromatic heterocycles. The van der Waals surface area contributed by atoms with Gasteiger partial charge in [0, 0.05) is 45.2 Å². The van der Waals surface area contributed by atoms with Crippen molar-refractivity contribution in [1.82, 2.24) is 34.7 Å². The molecule has 230 valence electrons. The van der Waals surface area contributed by atoms with Gasteiger partial charge in [0.2, 0.25) is 11.8 Å². The number of hydrogen-bond acceptors (Lipinski definition) is 10. The van der Waals surface area contributed by atoms with Crippen LogP contribution in [0, 0.1) is 6.92 Å². The normalized spacial score (nSPS) is 19.4. The van der Waals surface area contributed by atoms with Crippen molar-refractivity contribution in [2.45, 2.75) is 84.2 Å². The van der Waals surface area contributed by atoms with Crippen molar-refractivity contribution in [2.24, 2.45) is 0 Å². The molecule has 5 rings (SSSR count). The van der Waals surface area contributed by atoms with E-state index in [1.54, 1.807) is 28.0 Å². The monoisotopic (exact) mass is 607 g/mol. The Morgan fingerprint density at radius 3 is 2.65 bits per heavy atom. The van der Waals surface area contributed by atoms with Crippen LogP contribution in [0.2, 0.25) is 25.7 Å². The minimum absolute atomic E-state index is 0.0211. The van der Waals surface area contributed by atoms with E-state index in [1.165, 1.54) is 6.92 Å². The Hall–Kier alpha value is -3.55. The Bertz CT molecular complexity index is 1590. The lowest BCUT2D eigenvalue weighted by molar-refractivity contribution is -0.00860. The van der Waals surface area contributed by atoms with Gasteiger partial charge in [-0.25, -0.2) is 24.0 Å². The molecule has 13 heteroatoms. The van der Waals surface area contributed by atoms with Gasteiger partial charge in [0.15, 0.2) is 5.67 Å². The summed E-state index contributed by atoms with van der Waals surface area (Å²) in [4.78, 5) is 24.9. The molecule has 0 radical (unpaired) electrons. The van der Waals surface area contributed by atoms with Crippen molar-refractivity contribution < 1.29 is 14.2 Å². The highest BCUT2D eigenvalue weighted by molar-refractivity contribution is 6.76. The highest BCUT2D eigenvalue weighted by Gasteiger charge is 2.39. The van der Waals surface area contributed by atoms with E-state index in [0.717, 1.165) is 28.2 Å². The molecular formula is C30H42FN9O2Si. The molecular weight excluding hydrogens is 565 g/mol. The predicted molar refractivity (Wildman–Crippen MR) is 169 cm³/mol. The summed E-state index contributed by atoms with van der Waals surface area (Å²) in [7, 11) is -1.17. The third-order valence-electron chi connectivity index (χ3n) is 7.75. The third kappa shape index (κ3) is 7.16. The number of piperidine rings is 1. The quantitative estimate of drug-likeness (QED) is 0.177. The minimum Gasteiger partial charge on any atom is -0.390 e. The Balaban J connectivity index is 1.40. The number of aliphatic hydroxyl groups excluding tert-OH is 1. The van der Waals surface area contributed by atoms with Gasteiger partial charge in [0.05, 0.1) is 12.6 Å². The fraction of sp³-hybridized carbons (Fsp3) is 0.533. The van der Waals surface area contributed by atoms with Gasteiger partial charge in [-0.3, -0.25) is 4.98 Å². The molecule has 0 bridgehead atoms. The molecule has 0 saturated carbocycles. The molecule has 5 heterocycles. The standard InChI is InChI=1S/C30H42FN9O2Si/c1-19(2)22-15-34-27(28-35-20(3)40(38-28)18-42-12-13-43(5,6)7)23-16-33-26(14-21(22)23)36-25-8-10-32-29(37-25)39-11-9-24(41)30(4,31)17-39/h8,10,14-16,19,24,41H,9,11-13,17-18H2,1-7H3,(H,32,33,36,37)/t24?,30-/m1/s1. The van der Waals surface area contributed by atoms with E-state index in [0.29, 0.717) is 55.4 Å². The maximum absolute atomic E-state index is 14.8. The first-order valence-electron chi connectivity index (χ1n) is 14.8. The van der Waals surface area contributed by atoms with Gasteiger partial charge < -0.3 is 20.1 Å². The second-order valence-corrected chi connectivity index (χ2v) is 18.7. The van der Waals surface area contributed by atoms with Crippen LogP contribution in [-0.4, -0.2) is 79.3 Å². The largest absolute Gasteiger partial charge is 0.390 e. The summed E-state index contributed by atoms with van der Waals surface area (Å²) >= 11 is 0. The second kappa shape index (κ2) is 12.2. The fourth-order valence-corrected chi connectivity index (χ4v) is 5.80. The molecule has 4 aromatic rings. The molecule has 1 fully saturated rings. The zero-order valence-corrected chi connectivity index (χ0v) is 27.1. The number of ether oxygens (including phenoxy) is 1. The van der Waals surface area contributed by atoms with Crippen molar-refractivity contribution in [1.29, 1.82) is 0 Å². The molecule has 11 nitrogen and oxygen atoms in total. The van der Waals surface area contributed by atoms with Gasteiger partial charge in [0.25, 0.3) is 0 Å². The maximum atomic E-state index is 14.8. The molecule has 1 saturated heterocycles. The molecule has 2 atom stereocenters. The summed E-state index contributed by atoms with van der Waals surface area (Å²) in [5.41, 5.74) is 0.00852. The van der Waals surface area contributed by atoms with Crippen molar-refractivity contribution in [3.05, 3.63) is 42.1 Å². The van der Waals surface area contributed by atoms with Gasteiger partial charge >= 0.3 is 0 Å². The Labute approximate surface area is 253 Å². The Morgan fingerprint density at radius 1 is 1.14 bits per heavy atom. The first-order chi connectivity index (χ1) is 20.3. The average molecular weight is 608 g/mol. The lowest BCUT2D eigenvalue weighted by Crippen LogP contribution is -2.52. The molecule has 0 aromatic carbocycles. The minimum atomic E-state index is -1.73. The van der Waals surface area contributed by atoms with E-state index in [1.807, 2.05) is 19.2 Å². The number of halogens is 1. The van der Waals surface area contributed by atoms with E-state index < -0.39 is 19.8 Å². The Kier molecular flexibility index (Phi) is 8.77. The number of nitrogens with one attached hydrogen (secondary N) is 1. The van der Waals surface area contributed by atoms with E-state index in [9.17, 15) is 9.50 Å². The van der Waals surface area contributed by atoms with Crippen LogP contribution in [-0.2, 0) is 11.5 Å². The fourth-order valence-electron chi connectivity index (χ4n) is 5.04. The first-order valence-corrected chi connectivity index (χ1v) is 18.5. The predicted octanol–water partition coefficient (Wildman–Crippen LogP) is 5.47. The summed E-state index contributed by atoms with van der Waals surface area (Å²) in [5.74, 6) is 3.05. The molecule has 1 aliphatic rings. The van der Waals surface area contributed by atoms with Crippen LogP contribution in [0.25, 0.3) is 22.3 Å². The smallest absolute Gasteiger partial charge is 0.227 e. The third-order valence-corrected chi connectivity index (χ3v) is 9.46. The van der Waals surface area contributed by atoms with Crippen molar-refractivity contribution in [3.63, 3.8) is 0 Å². The summed E-state index contributed by atoms with van der Waals surface area (Å²) in [5, 5.41) is 19.8. The number of aliphatic hydroxyl groups is 1. The summed E-state index contributed by atoms with van der Waals surface area (Å²) < 4.78 is 22.5. The van der Waals surface area contributed by atoms with Gasteiger partial charge in [-0.1, -0.05) is 33.5 Å². The molecule has 0 amide bonds. The lowest BCUT2D eigenvalue weighted by Gasteiger charge is -2.38. The lowest BCUT2D eigenvalue weighted by atomic mass is 9.94. The molecule has 0 spiro atoms. The number of aromatic nitrogens is 7. The van der Waals surface area contributed by atoms with E-state index in [4.69, 9.17) is 19.8 Å². The average Bonchev–Trinajstić information content (AvgIpc) is 3.31. The van der Waals surface area contributed by atoms with Crippen LogP contribution >= 0.6 is 0 Å². The topological polar surface area (TPSA) is 127 Å². The highest BCUT2D eigenvalue weighted by Crippen LogP contribution is 2.33. The van der Waals surface area contributed by atoms with Crippen LogP contribution in [0.3, 0.4) is 0 Å². The SMILES string of the molecule is Cc1nc(-c2ncc(C(C)C)c3cc(Nc4ccnc(N5CCC(O)[C@](C)(F)C5)n4)ncc23)nn1COCC[Si](C)(C)C. The van der Waals surface area contributed by atoms with Gasteiger partial charge in [-0.05, 0) is 55.3 Å². The van der Waals surface area contributed by atoms with Crippen LogP contribution in [0.5, 0.6) is 0 Å². The summed E-state index contributed by atoms with van der Waals surface area (Å²) in [6, 6.07) is 4.82. The van der Waals surface area contributed by atoms with Gasteiger partial charge in [-0.15, -0.1) is 5.10 Å². The van der Waals surface area contributed by atoms with Crippen molar-refractivity contribution >= 4 is 36.4 Å². The van der Waals surface area contributed by atoms with Crippen LogP contribution in [0.15, 0.2) is 30.7 Å². The number of pyridine rings is 2. The number of hydrogen-bond donors (Lipinski definition) is 2. The number of rotatable bonds is 10. The van der Waals surface area contributed by atoms with Gasteiger partial charge in [0.1, 0.15) is 29.9 Å². The Morgan fingerprint density at radius 2 is 1.93 bits per heavy atom. The van der Waals surface area contributed by atoms with Crippen LogP contribution < -0.4 is 10.2 Å². The number of fused-ring (bicyclic) bond motifs is 1. The summed E-state index contributed by atoms with van der Waals surface area (Å²) in [6.45, 7) is 16.1. The molecule has 1 unspecified atom stereocenters. The zero-order chi connectivity index (χ0) is 30.9. The number of alkyl halides is 1. The molecule has 43 heavy (non-hydrogen) atoms. The van der Waals surface area contributed by atoms with E-state index >= 15 is 0 Å². The first kappa shape index (κ1) is 30.9. The summed E-state index contributed by atoms with van der Waals surface area (Å²) in [6.07, 6.45) is 4.62. The van der Waals surface area contributed by atoms with Crippen LogP contribution in [0.4, 0.5) is 22.0 Å². The second-order valence-electron chi connectivity index (χ2n) is 13.0. The van der Waals surface area contributed by atoms with E-state index in [-0.39, 0.29) is 12.5 Å². The van der Waals surface area contributed by atoms with Gasteiger partial charge in [-0.2, -0.15) is 4.98 Å². The zero-order valence-electron chi connectivity index (χ0n) is 26.1. The molecule has 2 N–H and O–H groups in total. The number of nitrogens with zero attached hydrogens (tertiary/aromatic N) is 8. The highest BCUT2D eigenvalue weighted by atomic mass is 28.3.